The van der Waals surface area contributed by atoms with E-state index in [4.69, 9.17) is 0 Å². The van der Waals surface area contributed by atoms with Gasteiger partial charge in [-0.2, -0.15) is 0 Å². The molecule has 0 amide bonds. The zero-order valence-corrected chi connectivity index (χ0v) is 12.4. The molecule has 2 heterocycles. The van der Waals surface area contributed by atoms with Crippen LogP contribution in [0.1, 0.15) is 25.3 Å². The lowest BCUT2D eigenvalue weighted by Crippen LogP contribution is -2.37. The summed E-state index contributed by atoms with van der Waals surface area (Å²) in [6.45, 7) is 7.85. The molecule has 3 nitrogen and oxygen atoms in total. The molecule has 0 bridgehead atoms. The van der Waals surface area contributed by atoms with Gasteiger partial charge >= 0.3 is 0 Å². The van der Waals surface area contributed by atoms with Crippen LogP contribution in [-0.2, 0) is 6.54 Å². The van der Waals surface area contributed by atoms with Gasteiger partial charge in [-0.1, -0.05) is 30.7 Å². The van der Waals surface area contributed by atoms with Crippen LogP contribution in [0.5, 0.6) is 0 Å². The first-order chi connectivity index (χ1) is 9.66. The first-order valence-corrected chi connectivity index (χ1v) is 7.44. The third-order valence-corrected chi connectivity index (χ3v) is 4.39. The number of nitrogens with one attached hydrogen (secondary N) is 1. The standard InChI is InChI=1S/C17H23N3/c1-14-4-3-5-15(10-14)16-11-19-13-20(16)12-17(2)6-8-18-9-7-17/h3-5,10-11,13,18H,6-9,12H2,1-2H3. The van der Waals surface area contributed by atoms with Gasteiger partial charge in [-0.05, 0) is 44.3 Å². The van der Waals surface area contributed by atoms with Gasteiger partial charge in [0, 0.05) is 12.1 Å². The fraction of sp³-hybridized carbons (Fsp3) is 0.471. The second-order valence-electron chi connectivity index (χ2n) is 6.34. The maximum atomic E-state index is 4.37. The molecule has 0 saturated carbocycles. The van der Waals surface area contributed by atoms with Crippen molar-refractivity contribution in [1.29, 1.82) is 0 Å². The molecule has 1 aromatic carbocycles. The van der Waals surface area contributed by atoms with Crippen LogP contribution in [0.25, 0.3) is 11.3 Å². The average Bonchev–Trinajstić information content (AvgIpc) is 2.87. The Bertz CT molecular complexity index is 579. The van der Waals surface area contributed by atoms with E-state index >= 15 is 0 Å². The highest BCUT2D eigenvalue weighted by atomic mass is 15.1. The molecule has 1 saturated heterocycles. The van der Waals surface area contributed by atoms with E-state index in [0.717, 1.165) is 19.6 Å². The zero-order valence-electron chi connectivity index (χ0n) is 12.4. The molecule has 0 atom stereocenters. The maximum Gasteiger partial charge on any atom is 0.0951 e. The molecule has 20 heavy (non-hydrogen) atoms. The van der Waals surface area contributed by atoms with Crippen LogP contribution in [0.15, 0.2) is 36.8 Å². The van der Waals surface area contributed by atoms with Crippen molar-refractivity contribution in [3.8, 4) is 11.3 Å². The second kappa shape index (κ2) is 5.41. The van der Waals surface area contributed by atoms with Crippen LogP contribution >= 0.6 is 0 Å². The summed E-state index contributed by atoms with van der Waals surface area (Å²) in [7, 11) is 0. The minimum absolute atomic E-state index is 0.379. The number of hydrogen-bond acceptors (Lipinski definition) is 2. The normalized spacial score (nSPS) is 18.1. The van der Waals surface area contributed by atoms with E-state index in [9.17, 15) is 0 Å². The number of benzene rings is 1. The van der Waals surface area contributed by atoms with Gasteiger partial charge in [0.1, 0.15) is 0 Å². The Hall–Kier alpha value is -1.61. The zero-order chi connectivity index (χ0) is 14.0. The highest BCUT2D eigenvalue weighted by molar-refractivity contribution is 5.59. The molecule has 1 fully saturated rings. The van der Waals surface area contributed by atoms with E-state index in [-0.39, 0.29) is 0 Å². The molecule has 3 rings (SSSR count). The molecule has 3 heteroatoms. The summed E-state index contributed by atoms with van der Waals surface area (Å²) in [4.78, 5) is 4.37. The van der Waals surface area contributed by atoms with Gasteiger partial charge in [-0.15, -0.1) is 0 Å². The topological polar surface area (TPSA) is 29.9 Å². The van der Waals surface area contributed by atoms with Gasteiger partial charge in [-0.25, -0.2) is 4.98 Å². The van der Waals surface area contributed by atoms with E-state index in [1.54, 1.807) is 0 Å². The van der Waals surface area contributed by atoms with Crippen LogP contribution in [0.3, 0.4) is 0 Å². The van der Waals surface area contributed by atoms with Gasteiger partial charge < -0.3 is 9.88 Å². The third kappa shape index (κ3) is 2.78. The lowest BCUT2D eigenvalue weighted by molar-refractivity contribution is 0.195. The van der Waals surface area contributed by atoms with Crippen molar-refractivity contribution in [3.63, 3.8) is 0 Å². The Morgan fingerprint density at radius 3 is 2.85 bits per heavy atom. The predicted molar refractivity (Wildman–Crippen MR) is 82.6 cm³/mol. The summed E-state index contributed by atoms with van der Waals surface area (Å²) in [6, 6.07) is 8.66. The highest BCUT2D eigenvalue weighted by Gasteiger charge is 2.27. The molecule has 0 unspecified atom stereocenters. The van der Waals surface area contributed by atoms with E-state index in [2.05, 4.69) is 53.0 Å². The molecule has 0 radical (unpaired) electrons. The number of hydrogen-bond donors (Lipinski definition) is 1. The lowest BCUT2D eigenvalue weighted by Gasteiger charge is -2.34. The average molecular weight is 269 g/mol. The quantitative estimate of drug-likeness (QED) is 0.927. The number of imidazole rings is 1. The minimum Gasteiger partial charge on any atom is -0.330 e. The fourth-order valence-corrected chi connectivity index (χ4v) is 3.09. The number of nitrogens with zero attached hydrogens (tertiary/aromatic N) is 2. The van der Waals surface area contributed by atoms with Crippen molar-refractivity contribution in [2.45, 2.75) is 33.2 Å². The Balaban J connectivity index is 1.87. The number of piperidine rings is 1. The molecule has 1 aliphatic heterocycles. The number of rotatable bonds is 3. The highest BCUT2D eigenvalue weighted by Crippen LogP contribution is 2.32. The van der Waals surface area contributed by atoms with Crippen molar-refractivity contribution in [2.75, 3.05) is 13.1 Å². The third-order valence-electron chi connectivity index (χ3n) is 4.39. The van der Waals surface area contributed by atoms with Gasteiger partial charge in [0.2, 0.25) is 0 Å². The largest absolute Gasteiger partial charge is 0.330 e. The smallest absolute Gasteiger partial charge is 0.0951 e. The summed E-state index contributed by atoms with van der Waals surface area (Å²) in [5.41, 5.74) is 4.17. The van der Waals surface area contributed by atoms with E-state index in [1.165, 1.54) is 29.7 Å². The molecule has 106 valence electrons. The molecule has 1 aliphatic rings. The van der Waals surface area contributed by atoms with Gasteiger partial charge in [0.05, 0.1) is 18.2 Å². The molecule has 1 aromatic heterocycles. The molecule has 0 aliphatic carbocycles. The Morgan fingerprint density at radius 2 is 2.10 bits per heavy atom. The van der Waals surface area contributed by atoms with Crippen molar-refractivity contribution in [3.05, 3.63) is 42.4 Å². The maximum absolute atomic E-state index is 4.37. The predicted octanol–water partition coefficient (Wildman–Crippen LogP) is 3.25. The van der Waals surface area contributed by atoms with Crippen molar-refractivity contribution in [2.24, 2.45) is 5.41 Å². The number of aromatic nitrogens is 2. The fourth-order valence-electron chi connectivity index (χ4n) is 3.09. The van der Waals surface area contributed by atoms with Crippen molar-refractivity contribution >= 4 is 0 Å². The van der Waals surface area contributed by atoms with Gasteiger partial charge in [0.25, 0.3) is 0 Å². The summed E-state index contributed by atoms with van der Waals surface area (Å²) >= 11 is 0. The molecular weight excluding hydrogens is 246 g/mol. The molecule has 2 aromatic rings. The van der Waals surface area contributed by atoms with Gasteiger partial charge in [-0.3, -0.25) is 0 Å². The summed E-state index contributed by atoms with van der Waals surface area (Å²) in [5, 5.41) is 3.45. The molecule has 1 N–H and O–H groups in total. The Labute approximate surface area is 121 Å². The van der Waals surface area contributed by atoms with E-state index in [1.807, 2.05) is 12.5 Å². The summed E-state index contributed by atoms with van der Waals surface area (Å²) in [6.07, 6.45) is 6.43. The summed E-state index contributed by atoms with van der Waals surface area (Å²) in [5.74, 6) is 0. The molecule has 0 spiro atoms. The Morgan fingerprint density at radius 1 is 1.30 bits per heavy atom. The van der Waals surface area contributed by atoms with Crippen molar-refractivity contribution < 1.29 is 0 Å². The van der Waals surface area contributed by atoms with Crippen molar-refractivity contribution in [1.82, 2.24) is 14.9 Å². The van der Waals surface area contributed by atoms with Crippen LogP contribution in [0.4, 0.5) is 0 Å². The first-order valence-electron chi connectivity index (χ1n) is 7.44. The van der Waals surface area contributed by atoms with Crippen LogP contribution < -0.4 is 5.32 Å². The van der Waals surface area contributed by atoms with Crippen LogP contribution in [0, 0.1) is 12.3 Å². The van der Waals surface area contributed by atoms with Gasteiger partial charge in [0.15, 0.2) is 0 Å². The SMILES string of the molecule is Cc1cccc(-c2cncn2CC2(C)CCNCC2)c1. The minimum atomic E-state index is 0.379. The number of aryl methyl sites for hydroxylation is 1. The van der Waals surface area contributed by atoms with Crippen LogP contribution in [-0.4, -0.2) is 22.6 Å². The van der Waals surface area contributed by atoms with E-state index < -0.39 is 0 Å². The lowest BCUT2D eigenvalue weighted by atomic mass is 9.81. The molecular formula is C17H23N3. The van der Waals surface area contributed by atoms with E-state index in [0.29, 0.717) is 5.41 Å². The Kier molecular flexibility index (Phi) is 3.62. The summed E-state index contributed by atoms with van der Waals surface area (Å²) < 4.78 is 2.32. The first kappa shape index (κ1) is 13.4. The monoisotopic (exact) mass is 269 g/mol. The second-order valence-corrected chi connectivity index (χ2v) is 6.34. The van der Waals surface area contributed by atoms with Crippen LogP contribution in [0.2, 0.25) is 0 Å².